The summed E-state index contributed by atoms with van der Waals surface area (Å²) in [5, 5.41) is 13.5. The summed E-state index contributed by atoms with van der Waals surface area (Å²) in [6.45, 7) is 6.49. The number of hydrogen-bond acceptors (Lipinski definition) is 4. The Kier molecular flexibility index (Phi) is 5.29. The molecule has 1 saturated heterocycles. The molecule has 0 aromatic heterocycles. The number of aliphatic hydroxyl groups excluding tert-OH is 1. The van der Waals surface area contributed by atoms with Gasteiger partial charge in [-0.3, -0.25) is 9.69 Å². The van der Waals surface area contributed by atoms with Crippen LogP contribution in [-0.2, 0) is 9.53 Å². The molecule has 3 fully saturated rings. The molecular weight excluding hydrogens is 292 g/mol. The number of hydrogen-bond donors (Lipinski definition) is 2. The molecule has 3 unspecified atom stereocenters. The van der Waals surface area contributed by atoms with Gasteiger partial charge in [-0.05, 0) is 52.6 Å². The number of nitrogens with zero attached hydrogens (tertiary/aromatic N) is 1. The van der Waals surface area contributed by atoms with Gasteiger partial charge in [0.25, 0.3) is 0 Å². The lowest BCUT2D eigenvalue weighted by Gasteiger charge is -2.57. The zero-order chi connectivity index (χ0) is 16.4. The first-order chi connectivity index (χ1) is 11.1. The quantitative estimate of drug-likeness (QED) is 0.808. The van der Waals surface area contributed by atoms with Crippen molar-refractivity contribution in [1.82, 2.24) is 10.2 Å². The maximum Gasteiger partial charge on any atom is 0.237 e. The van der Waals surface area contributed by atoms with Crippen LogP contribution >= 0.6 is 0 Å². The van der Waals surface area contributed by atoms with E-state index >= 15 is 0 Å². The average molecular weight is 324 g/mol. The van der Waals surface area contributed by atoms with Gasteiger partial charge in [0.15, 0.2) is 0 Å². The van der Waals surface area contributed by atoms with E-state index in [1.54, 1.807) is 0 Å². The summed E-state index contributed by atoms with van der Waals surface area (Å²) in [7, 11) is 0. The minimum Gasteiger partial charge on any atom is -0.392 e. The molecule has 3 atom stereocenters. The Morgan fingerprint density at radius 3 is 2.57 bits per heavy atom. The number of piperidine rings is 1. The molecule has 1 heterocycles. The van der Waals surface area contributed by atoms with Gasteiger partial charge >= 0.3 is 0 Å². The van der Waals surface area contributed by atoms with Crippen LogP contribution in [0.2, 0.25) is 0 Å². The van der Waals surface area contributed by atoms with Crippen molar-refractivity contribution in [3.8, 4) is 0 Å². The topological polar surface area (TPSA) is 61.8 Å². The van der Waals surface area contributed by atoms with Gasteiger partial charge in [-0.1, -0.05) is 12.8 Å². The third-order valence-corrected chi connectivity index (χ3v) is 6.47. The fraction of sp³-hybridized carbons (Fsp3) is 0.944. The summed E-state index contributed by atoms with van der Waals surface area (Å²) in [6, 6.07) is 0.313. The molecule has 2 aliphatic carbocycles. The number of likely N-dealkylation sites (tertiary alicyclic amines) is 1. The fourth-order valence-corrected chi connectivity index (χ4v) is 4.70. The number of carbonyl (C=O) groups excluding carboxylic acids is 1. The van der Waals surface area contributed by atoms with Gasteiger partial charge in [-0.15, -0.1) is 0 Å². The molecule has 1 aliphatic heterocycles. The van der Waals surface area contributed by atoms with E-state index in [-0.39, 0.29) is 29.6 Å². The van der Waals surface area contributed by atoms with Crippen LogP contribution in [0.15, 0.2) is 0 Å². The van der Waals surface area contributed by atoms with Crippen LogP contribution in [-0.4, -0.2) is 59.9 Å². The molecule has 3 rings (SSSR count). The lowest BCUT2D eigenvalue weighted by atomic mass is 9.58. The Balaban J connectivity index is 1.50. The van der Waals surface area contributed by atoms with Crippen LogP contribution in [0.1, 0.15) is 58.8 Å². The Hall–Kier alpha value is -0.650. The minimum atomic E-state index is -0.233. The number of carbonyl (C=O) groups is 1. The predicted molar refractivity (Wildman–Crippen MR) is 89.1 cm³/mol. The van der Waals surface area contributed by atoms with Gasteiger partial charge < -0.3 is 15.2 Å². The molecule has 5 nitrogen and oxygen atoms in total. The second kappa shape index (κ2) is 7.08. The standard InChI is InChI=1S/C18H32N2O3/c1-3-23-16-12-15(21)18(16)8-10-20(11-9-18)13(2)17(22)19-14-6-4-5-7-14/h13-16,21H,3-12H2,1-2H3,(H,19,22). The van der Waals surface area contributed by atoms with Gasteiger partial charge in [-0.25, -0.2) is 0 Å². The summed E-state index contributed by atoms with van der Waals surface area (Å²) < 4.78 is 5.82. The second-order valence-electron chi connectivity index (χ2n) is 7.63. The summed E-state index contributed by atoms with van der Waals surface area (Å²) in [4.78, 5) is 14.7. The van der Waals surface area contributed by atoms with Crippen LogP contribution in [0.3, 0.4) is 0 Å². The van der Waals surface area contributed by atoms with Gasteiger partial charge in [0.1, 0.15) is 0 Å². The average Bonchev–Trinajstić information content (AvgIpc) is 3.07. The Morgan fingerprint density at radius 1 is 1.35 bits per heavy atom. The smallest absolute Gasteiger partial charge is 0.237 e. The molecule has 23 heavy (non-hydrogen) atoms. The molecule has 1 amide bonds. The number of rotatable bonds is 5. The highest BCUT2D eigenvalue weighted by molar-refractivity contribution is 5.81. The maximum atomic E-state index is 12.4. The number of amides is 1. The van der Waals surface area contributed by atoms with Crippen molar-refractivity contribution in [1.29, 1.82) is 0 Å². The monoisotopic (exact) mass is 324 g/mol. The maximum absolute atomic E-state index is 12.4. The third kappa shape index (κ3) is 3.28. The van der Waals surface area contributed by atoms with Crippen molar-refractivity contribution in [2.75, 3.05) is 19.7 Å². The van der Waals surface area contributed by atoms with Gasteiger partial charge in [0, 0.05) is 24.5 Å². The Morgan fingerprint density at radius 2 is 2.00 bits per heavy atom. The van der Waals surface area contributed by atoms with E-state index in [4.69, 9.17) is 4.74 Å². The molecule has 3 aliphatic rings. The molecule has 0 aromatic rings. The lowest BCUT2D eigenvalue weighted by molar-refractivity contribution is -0.210. The summed E-state index contributed by atoms with van der Waals surface area (Å²) in [6.07, 6.45) is 7.33. The molecule has 2 N–H and O–H groups in total. The van der Waals surface area contributed by atoms with Crippen molar-refractivity contribution in [2.24, 2.45) is 5.41 Å². The first-order valence-electron chi connectivity index (χ1n) is 9.41. The molecule has 5 heteroatoms. The van der Waals surface area contributed by atoms with Crippen LogP contribution in [0, 0.1) is 5.41 Å². The summed E-state index contributed by atoms with van der Waals surface area (Å²) in [5.74, 6) is 0.170. The van der Waals surface area contributed by atoms with Crippen molar-refractivity contribution in [2.45, 2.75) is 83.1 Å². The van der Waals surface area contributed by atoms with Crippen LogP contribution in [0.4, 0.5) is 0 Å². The van der Waals surface area contributed by atoms with Crippen molar-refractivity contribution in [3.05, 3.63) is 0 Å². The van der Waals surface area contributed by atoms with Crippen LogP contribution in [0.5, 0.6) is 0 Å². The number of nitrogens with one attached hydrogen (secondary N) is 1. The largest absolute Gasteiger partial charge is 0.392 e. The minimum absolute atomic E-state index is 0.0614. The van der Waals surface area contributed by atoms with E-state index in [2.05, 4.69) is 10.2 Å². The first-order valence-corrected chi connectivity index (χ1v) is 9.41. The molecule has 0 radical (unpaired) electrons. The zero-order valence-electron chi connectivity index (χ0n) is 14.6. The SMILES string of the molecule is CCOC1CC(O)C12CCN(C(C)C(=O)NC1CCCC1)CC2. The van der Waals surface area contributed by atoms with Crippen LogP contribution < -0.4 is 5.32 Å². The van der Waals surface area contributed by atoms with Gasteiger partial charge in [0.2, 0.25) is 5.91 Å². The summed E-state index contributed by atoms with van der Waals surface area (Å²) >= 11 is 0. The lowest BCUT2D eigenvalue weighted by Crippen LogP contribution is -2.63. The highest BCUT2D eigenvalue weighted by Gasteiger charge is 2.56. The fourth-order valence-electron chi connectivity index (χ4n) is 4.70. The second-order valence-corrected chi connectivity index (χ2v) is 7.63. The van der Waals surface area contributed by atoms with Gasteiger partial charge in [0.05, 0.1) is 18.2 Å². The zero-order valence-corrected chi connectivity index (χ0v) is 14.6. The predicted octanol–water partition coefficient (Wildman–Crippen LogP) is 1.69. The molecule has 132 valence electrons. The molecule has 1 spiro atoms. The molecule has 0 bridgehead atoms. The van der Waals surface area contributed by atoms with E-state index < -0.39 is 0 Å². The Labute approximate surface area is 139 Å². The molecular formula is C18H32N2O3. The Bertz CT molecular complexity index is 412. The summed E-state index contributed by atoms with van der Waals surface area (Å²) in [5.41, 5.74) is -0.0614. The van der Waals surface area contributed by atoms with E-state index in [1.807, 2.05) is 13.8 Å². The number of aliphatic hydroxyl groups is 1. The normalized spacial score (nSPS) is 32.7. The number of ether oxygens (including phenoxy) is 1. The van der Waals surface area contributed by atoms with Gasteiger partial charge in [-0.2, -0.15) is 0 Å². The van der Waals surface area contributed by atoms with Crippen molar-refractivity contribution in [3.63, 3.8) is 0 Å². The van der Waals surface area contributed by atoms with E-state index in [0.717, 1.165) is 45.2 Å². The van der Waals surface area contributed by atoms with Crippen molar-refractivity contribution < 1.29 is 14.6 Å². The van der Waals surface area contributed by atoms with E-state index in [1.165, 1.54) is 12.8 Å². The molecule has 0 aromatic carbocycles. The van der Waals surface area contributed by atoms with Crippen molar-refractivity contribution >= 4 is 5.91 Å². The van der Waals surface area contributed by atoms with E-state index in [9.17, 15) is 9.90 Å². The highest BCUT2D eigenvalue weighted by atomic mass is 16.5. The first kappa shape index (κ1) is 17.2. The molecule has 2 saturated carbocycles. The van der Waals surface area contributed by atoms with Crippen LogP contribution in [0.25, 0.3) is 0 Å². The van der Waals surface area contributed by atoms with E-state index in [0.29, 0.717) is 12.6 Å². The third-order valence-electron chi connectivity index (χ3n) is 6.47. The highest BCUT2D eigenvalue weighted by Crippen LogP contribution is 2.51.